The molecule has 48 heavy (non-hydrogen) atoms. The molecule has 3 aromatic rings. The van der Waals surface area contributed by atoms with E-state index < -0.39 is 28.5 Å². The van der Waals surface area contributed by atoms with E-state index in [9.17, 15) is 18.0 Å². The number of sulfonamides is 1. The van der Waals surface area contributed by atoms with Gasteiger partial charge in [-0.3, -0.25) is 13.9 Å². The number of hydrogen-bond acceptors (Lipinski definition) is 8. The number of anilines is 1. The molecule has 1 aliphatic rings. The van der Waals surface area contributed by atoms with Crippen LogP contribution in [0.1, 0.15) is 57.9 Å². The number of ether oxygens (including phenoxy) is 4. The summed E-state index contributed by atoms with van der Waals surface area (Å²) in [5.74, 6) is 0.950. The average Bonchev–Trinajstić information content (AvgIpc) is 3.11. The fourth-order valence-electron chi connectivity index (χ4n) is 5.94. The fraction of sp³-hybridized carbons (Fsp3) is 0.444. The summed E-state index contributed by atoms with van der Waals surface area (Å²) in [5.41, 5.74) is 0.990. The quantitative estimate of drug-likeness (QED) is 0.209. The number of benzene rings is 3. The second-order valence-corrected chi connectivity index (χ2v) is 13.5. The zero-order valence-electron chi connectivity index (χ0n) is 28.4. The van der Waals surface area contributed by atoms with Crippen LogP contribution in [0.5, 0.6) is 23.0 Å². The van der Waals surface area contributed by atoms with Crippen molar-refractivity contribution < 1.29 is 37.0 Å². The molecule has 0 aromatic heterocycles. The van der Waals surface area contributed by atoms with E-state index in [1.165, 1.54) is 37.3 Å². The summed E-state index contributed by atoms with van der Waals surface area (Å²) in [7, 11) is 0.101. The molecule has 1 fully saturated rings. The lowest BCUT2D eigenvalue weighted by Crippen LogP contribution is -2.54. The maximum Gasteiger partial charge on any atom is 0.264 e. The van der Waals surface area contributed by atoms with Crippen molar-refractivity contribution in [3.05, 3.63) is 72.3 Å². The second kappa shape index (κ2) is 17.1. The lowest BCUT2D eigenvalue weighted by atomic mass is 9.95. The van der Waals surface area contributed by atoms with Crippen LogP contribution < -0.4 is 28.6 Å². The standard InChI is InChI=1S/C36H47N3O8S/c1-6-32(36(41)37-27-13-9-8-10-14-27)38(24-26-12-11-15-30(22-26)44-3)35(40)25-39(28-16-18-29(19-17-28)47-7-2)48(42,43)31-20-21-33(45-4)34(23-31)46-5/h11-12,15-23,27,32H,6-10,13-14,24-25H2,1-5H3,(H,37,41)/t32-/m0/s1. The Balaban J connectivity index is 1.75. The molecule has 0 bridgehead atoms. The summed E-state index contributed by atoms with van der Waals surface area (Å²) in [6, 6.07) is 17.2. The van der Waals surface area contributed by atoms with E-state index in [-0.39, 0.29) is 34.8 Å². The van der Waals surface area contributed by atoms with E-state index in [4.69, 9.17) is 18.9 Å². The van der Waals surface area contributed by atoms with Gasteiger partial charge in [-0.1, -0.05) is 38.3 Å². The van der Waals surface area contributed by atoms with Crippen LogP contribution in [0.4, 0.5) is 5.69 Å². The molecular weight excluding hydrogens is 634 g/mol. The van der Waals surface area contributed by atoms with E-state index in [0.29, 0.717) is 30.3 Å². The minimum Gasteiger partial charge on any atom is -0.497 e. The molecule has 3 aromatic carbocycles. The van der Waals surface area contributed by atoms with Gasteiger partial charge < -0.3 is 29.2 Å². The number of nitrogens with zero attached hydrogens (tertiary/aromatic N) is 2. The normalized spacial score (nSPS) is 14.0. The maximum atomic E-state index is 14.5. The van der Waals surface area contributed by atoms with Crippen LogP contribution >= 0.6 is 0 Å². The Morgan fingerprint density at radius 1 is 0.854 bits per heavy atom. The smallest absolute Gasteiger partial charge is 0.264 e. The lowest BCUT2D eigenvalue weighted by molar-refractivity contribution is -0.140. The summed E-state index contributed by atoms with van der Waals surface area (Å²) >= 11 is 0. The molecule has 0 aliphatic heterocycles. The molecule has 4 rings (SSSR count). The van der Waals surface area contributed by atoms with Crippen molar-refractivity contribution >= 4 is 27.5 Å². The molecule has 0 saturated heterocycles. The molecular formula is C36H47N3O8S. The first-order chi connectivity index (χ1) is 23.1. The first-order valence-electron chi connectivity index (χ1n) is 16.4. The molecule has 12 heteroatoms. The number of nitrogens with one attached hydrogen (secondary N) is 1. The van der Waals surface area contributed by atoms with Gasteiger partial charge in [-0.15, -0.1) is 0 Å². The van der Waals surface area contributed by atoms with Crippen molar-refractivity contribution in [2.24, 2.45) is 0 Å². The van der Waals surface area contributed by atoms with Crippen LogP contribution in [0.2, 0.25) is 0 Å². The van der Waals surface area contributed by atoms with Gasteiger partial charge in [0.05, 0.1) is 38.5 Å². The summed E-state index contributed by atoms with van der Waals surface area (Å²) in [5, 5.41) is 3.17. The molecule has 2 amide bonds. The van der Waals surface area contributed by atoms with Crippen molar-refractivity contribution in [1.82, 2.24) is 10.2 Å². The number of methoxy groups -OCH3 is 3. The van der Waals surface area contributed by atoms with Gasteiger partial charge in [0, 0.05) is 18.7 Å². The highest BCUT2D eigenvalue weighted by molar-refractivity contribution is 7.92. The first-order valence-corrected chi connectivity index (χ1v) is 17.8. The third-order valence-electron chi connectivity index (χ3n) is 8.48. The van der Waals surface area contributed by atoms with Gasteiger partial charge in [-0.2, -0.15) is 0 Å². The first kappa shape index (κ1) is 36.4. The molecule has 0 radical (unpaired) electrons. The zero-order chi connectivity index (χ0) is 34.7. The van der Waals surface area contributed by atoms with E-state index >= 15 is 0 Å². The van der Waals surface area contributed by atoms with E-state index in [1.807, 2.05) is 26.0 Å². The molecule has 260 valence electrons. The van der Waals surface area contributed by atoms with Gasteiger partial charge in [0.25, 0.3) is 10.0 Å². The van der Waals surface area contributed by atoms with Crippen LogP contribution in [0.3, 0.4) is 0 Å². The predicted molar refractivity (Wildman–Crippen MR) is 184 cm³/mol. The third-order valence-corrected chi connectivity index (χ3v) is 10.3. The molecule has 0 spiro atoms. The minimum absolute atomic E-state index is 0.0415. The predicted octanol–water partition coefficient (Wildman–Crippen LogP) is 5.56. The molecule has 1 aliphatic carbocycles. The van der Waals surface area contributed by atoms with Crippen molar-refractivity contribution in [2.45, 2.75) is 75.9 Å². The van der Waals surface area contributed by atoms with Gasteiger partial charge in [0.15, 0.2) is 11.5 Å². The summed E-state index contributed by atoms with van der Waals surface area (Å²) in [6.45, 7) is 3.64. The van der Waals surface area contributed by atoms with Crippen LogP contribution in [-0.4, -0.2) is 71.7 Å². The van der Waals surface area contributed by atoms with E-state index in [0.717, 1.165) is 42.0 Å². The molecule has 0 unspecified atom stereocenters. The third kappa shape index (κ3) is 8.91. The molecule has 11 nitrogen and oxygen atoms in total. The Kier molecular flexibility index (Phi) is 13.0. The Bertz CT molecular complexity index is 1620. The molecule has 1 N–H and O–H groups in total. The van der Waals surface area contributed by atoms with Gasteiger partial charge >= 0.3 is 0 Å². The van der Waals surface area contributed by atoms with Gasteiger partial charge in [0.2, 0.25) is 11.8 Å². The van der Waals surface area contributed by atoms with Gasteiger partial charge in [0.1, 0.15) is 24.1 Å². The average molecular weight is 682 g/mol. The van der Waals surface area contributed by atoms with Gasteiger partial charge in [-0.05, 0) is 80.3 Å². The van der Waals surface area contributed by atoms with Crippen LogP contribution in [-0.2, 0) is 26.2 Å². The lowest BCUT2D eigenvalue weighted by Gasteiger charge is -2.34. The minimum atomic E-state index is -4.34. The van der Waals surface area contributed by atoms with Crippen molar-refractivity contribution in [2.75, 3.05) is 38.8 Å². The summed E-state index contributed by atoms with van der Waals surface area (Å²) in [6.07, 6.45) is 5.33. The Labute approximate surface area is 284 Å². The molecule has 1 atom stereocenters. The Hall–Kier alpha value is -4.45. The van der Waals surface area contributed by atoms with Crippen molar-refractivity contribution in [3.8, 4) is 23.0 Å². The Morgan fingerprint density at radius 2 is 1.56 bits per heavy atom. The van der Waals surface area contributed by atoms with Crippen LogP contribution in [0.15, 0.2) is 71.6 Å². The van der Waals surface area contributed by atoms with Crippen LogP contribution in [0.25, 0.3) is 0 Å². The van der Waals surface area contributed by atoms with Crippen LogP contribution in [0, 0.1) is 0 Å². The zero-order valence-corrected chi connectivity index (χ0v) is 29.3. The largest absolute Gasteiger partial charge is 0.497 e. The Morgan fingerprint density at radius 3 is 2.19 bits per heavy atom. The number of rotatable bonds is 16. The topological polar surface area (TPSA) is 124 Å². The summed E-state index contributed by atoms with van der Waals surface area (Å²) in [4.78, 5) is 29.7. The molecule has 1 saturated carbocycles. The van der Waals surface area contributed by atoms with E-state index in [2.05, 4.69) is 5.32 Å². The number of carbonyl (C=O) groups is 2. The fourth-order valence-corrected chi connectivity index (χ4v) is 7.37. The van der Waals surface area contributed by atoms with Gasteiger partial charge in [-0.25, -0.2) is 8.42 Å². The summed E-state index contributed by atoms with van der Waals surface area (Å²) < 4.78 is 51.5. The highest BCUT2D eigenvalue weighted by Crippen LogP contribution is 2.33. The highest BCUT2D eigenvalue weighted by atomic mass is 32.2. The highest BCUT2D eigenvalue weighted by Gasteiger charge is 2.35. The SMILES string of the molecule is CCOc1ccc(N(CC(=O)N(Cc2cccc(OC)c2)[C@@H](CC)C(=O)NC2CCCCC2)S(=O)(=O)c2ccc(OC)c(OC)c2)cc1. The number of amides is 2. The monoisotopic (exact) mass is 681 g/mol. The number of hydrogen-bond donors (Lipinski definition) is 1. The van der Waals surface area contributed by atoms with E-state index in [1.54, 1.807) is 43.5 Å². The van der Waals surface area contributed by atoms with Crippen molar-refractivity contribution in [3.63, 3.8) is 0 Å². The maximum absolute atomic E-state index is 14.5. The van der Waals surface area contributed by atoms with Crippen molar-refractivity contribution in [1.29, 1.82) is 0 Å². The number of carbonyl (C=O) groups excluding carboxylic acids is 2. The molecule has 0 heterocycles. The second-order valence-electron chi connectivity index (χ2n) is 11.6.